The van der Waals surface area contributed by atoms with Gasteiger partial charge in [0.05, 0.1) is 0 Å². The largest absolute Gasteiger partial charge is 0.380 e. The Balaban J connectivity index is 0.00000648. The zero-order chi connectivity index (χ0) is 26.8. The van der Waals surface area contributed by atoms with Crippen LogP contribution in [-0.4, -0.2) is 43.8 Å². The molecule has 2 N–H and O–H groups in total. The first kappa shape index (κ1) is 32.8. The van der Waals surface area contributed by atoms with Crippen LogP contribution in [0.4, 0.5) is 0 Å². The van der Waals surface area contributed by atoms with Gasteiger partial charge in [-0.25, -0.2) is 0 Å². The average molecular weight is 525 g/mol. The van der Waals surface area contributed by atoms with Crippen LogP contribution < -0.4 is 9.32 Å². The quantitative estimate of drug-likeness (QED) is 0.270. The molecule has 0 saturated heterocycles. The topological polar surface area (TPSA) is 86.5 Å². The number of rotatable bonds is 10. The predicted molar refractivity (Wildman–Crippen MR) is 151 cm³/mol. The molecule has 0 fully saturated rings. The molecule has 0 amide bonds. The van der Waals surface area contributed by atoms with Crippen molar-refractivity contribution in [2.24, 2.45) is 5.14 Å². The Kier molecular flexibility index (Phi) is 11.9. The second-order valence-electron chi connectivity index (χ2n) is 11.1. The van der Waals surface area contributed by atoms with Crippen LogP contribution in [0.1, 0.15) is 143 Å². The number of nitrogens with two attached hydrogens (primary N) is 1. The van der Waals surface area contributed by atoms with Gasteiger partial charge in [0, 0.05) is 47.1 Å². The van der Waals surface area contributed by atoms with Gasteiger partial charge in [-0.1, -0.05) is 93.5 Å². The van der Waals surface area contributed by atoms with E-state index in [-0.39, 0.29) is 71.2 Å². The molecule has 195 valence electrons. The van der Waals surface area contributed by atoms with Crippen molar-refractivity contribution < 1.29 is 17.4 Å². The van der Waals surface area contributed by atoms with Crippen LogP contribution in [0.3, 0.4) is 0 Å². The minimum absolute atomic E-state index is 0. The number of benzene rings is 2. The summed E-state index contributed by atoms with van der Waals surface area (Å²) < 4.78 is 29.1. The number of hydrogen-bond acceptors (Lipinski definition) is 4. The normalized spacial score (nSPS) is 12.1. The molecule has 0 atom stereocenters. The van der Waals surface area contributed by atoms with Crippen LogP contribution >= 0.6 is 0 Å². The van der Waals surface area contributed by atoms with Crippen molar-refractivity contribution in [1.29, 1.82) is 0 Å². The van der Waals surface area contributed by atoms with Crippen LogP contribution in [0.2, 0.25) is 0 Å². The summed E-state index contributed by atoms with van der Waals surface area (Å²) in [6, 6.07) is 8.09. The van der Waals surface area contributed by atoms with Gasteiger partial charge in [-0.2, -0.15) is 13.6 Å². The van der Waals surface area contributed by atoms with Gasteiger partial charge in [-0.15, -0.1) is 0 Å². The molecule has 0 aliphatic carbocycles. The summed E-state index contributed by atoms with van der Waals surface area (Å²) >= 11 is 0. The van der Waals surface area contributed by atoms with Gasteiger partial charge < -0.3 is 4.18 Å². The van der Waals surface area contributed by atoms with Gasteiger partial charge in [0.25, 0.3) is 0 Å². The fourth-order valence-corrected chi connectivity index (χ4v) is 5.08. The minimum Gasteiger partial charge on any atom is -0.370 e. The van der Waals surface area contributed by atoms with Gasteiger partial charge in [-0.3, -0.25) is 4.79 Å². The van der Waals surface area contributed by atoms with Gasteiger partial charge in [0.15, 0.2) is 11.5 Å². The van der Waals surface area contributed by atoms with Crippen LogP contribution in [-0.2, 0) is 16.7 Å². The number of hydrogen-bond donors (Lipinski definition) is 1. The second kappa shape index (κ2) is 13.1. The molecule has 5 nitrogen and oxygen atoms in total. The van der Waals surface area contributed by atoms with E-state index in [1.807, 2.05) is 33.8 Å². The first-order valence-electron chi connectivity index (χ1n) is 12.6. The Morgan fingerprint density at radius 2 is 1.25 bits per heavy atom. The molecule has 0 aliphatic rings. The van der Waals surface area contributed by atoms with E-state index < -0.39 is 10.3 Å². The van der Waals surface area contributed by atoms with Crippen LogP contribution in [0.5, 0.6) is 5.75 Å². The van der Waals surface area contributed by atoms with E-state index >= 15 is 0 Å². The Morgan fingerprint density at radius 1 is 0.778 bits per heavy atom. The summed E-state index contributed by atoms with van der Waals surface area (Å²) in [5.74, 6) is 0.921. The minimum atomic E-state index is -4.25. The maximum absolute atomic E-state index is 13.9. The van der Waals surface area contributed by atoms with Crippen molar-refractivity contribution in [3.63, 3.8) is 0 Å². The van der Waals surface area contributed by atoms with Gasteiger partial charge in [0.2, 0.25) is 0 Å². The Labute approximate surface area is 241 Å². The van der Waals surface area contributed by atoms with Crippen molar-refractivity contribution in [2.75, 3.05) is 0 Å². The van der Waals surface area contributed by atoms with E-state index in [1.54, 1.807) is 6.07 Å². The van der Waals surface area contributed by atoms with E-state index in [4.69, 9.17) is 9.32 Å². The molecular formula is C29H43NNaO4S. The van der Waals surface area contributed by atoms with Crippen LogP contribution in [0, 0.1) is 0 Å². The molecule has 0 unspecified atom stereocenters. The molecule has 2 rings (SSSR count). The number of carbonyl (C=O) groups is 1. The molecule has 0 spiro atoms. The molecular weight excluding hydrogens is 481 g/mol. The molecule has 36 heavy (non-hydrogen) atoms. The van der Waals surface area contributed by atoms with E-state index in [0.717, 1.165) is 5.56 Å². The summed E-state index contributed by atoms with van der Waals surface area (Å²) in [5.41, 5.74) is 6.53. The zero-order valence-electron chi connectivity index (χ0n) is 24.0. The molecule has 0 aliphatic heterocycles. The molecule has 0 aromatic heterocycles. The van der Waals surface area contributed by atoms with E-state index in [1.165, 1.54) is 16.7 Å². The molecule has 7 heteroatoms. The van der Waals surface area contributed by atoms with Crippen molar-refractivity contribution in [3.8, 4) is 5.75 Å². The number of carbonyl (C=O) groups excluding carboxylic acids is 1. The molecule has 2 aromatic carbocycles. The fourth-order valence-electron chi connectivity index (χ4n) is 4.66. The van der Waals surface area contributed by atoms with E-state index in [9.17, 15) is 13.2 Å². The molecule has 0 saturated carbocycles. The summed E-state index contributed by atoms with van der Waals surface area (Å²) in [4.78, 5) is 13.9. The third-order valence-electron chi connectivity index (χ3n) is 6.52. The predicted octanol–water partition coefficient (Wildman–Crippen LogP) is 6.93. The summed E-state index contributed by atoms with van der Waals surface area (Å²) in [7, 11) is -4.25. The first-order chi connectivity index (χ1) is 16.0. The fraction of sp³-hybridized carbons (Fsp3) is 0.552. The SMILES string of the molecule is CC(C)c1cc(C(C)C)c(CC(=O)c2ccc(C(C)C)c(OS(N)(=O)=O)c2C(C)C)c(C(C)C)c1.[Na]. The Hall–Kier alpha value is -1.18. The standard InChI is InChI=1S/C29H43NO4S.Na/c1-16(2)21-13-24(18(5)6)26(25(14-21)19(7)8)15-27(31)23-12-11-22(17(3)4)29(28(23)20(9)10)34-35(30,32)33;/h11-14,16-20H,15H2,1-10H3,(H2,30,32,33);. The average Bonchev–Trinajstić information content (AvgIpc) is 2.71. The third kappa shape index (κ3) is 7.91. The van der Waals surface area contributed by atoms with Crippen molar-refractivity contribution in [3.05, 3.63) is 63.2 Å². The third-order valence-corrected chi connectivity index (χ3v) is 6.91. The number of ketones is 1. The molecule has 1 radical (unpaired) electrons. The van der Waals surface area contributed by atoms with Crippen molar-refractivity contribution in [1.82, 2.24) is 0 Å². The summed E-state index contributed by atoms with van der Waals surface area (Å²) in [6.07, 6.45) is 0.245. The number of Topliss-reactive ketones (excluding diaryl/α,β-unsaturated/α-hetero) is 1. The van der Waals surface area contributed by atoms with Crippen molar-refractivity contribution in [2.45, 2.75) is 105 Å². The van der Waals surface area contributed by atoms with Crippen LogP contribution in [0.25, 0.3) is 0 Å². The molecule has 2 aromatic rings. The van der Waals surface area contributed by atoms with Gasteiger partial charge in [0.1, 0.15) is 0 Å². The van der Waals surface area contributed by atoms with E-state index in [0.29, 0.717) is 22.6 Å². The molecule has 0 bridgehead atoms. The summed E-state index contributed by atoms with van der Waals surface area (Å²) in [5, 5.41) is 5.27. The Morgan fingerprint density at radius 3 is 1.61 bits per heavy atom. The first-order valence-corrected chi connectivity index (χ1v) is 14.1. The van der Waals surface area contributed by atoms with Crippen molar-refractivity contribution >= 4 is 45.6 Å². The Bertz CT molecular complexity index is 1150. The molecule has 0 heterocycles. The maximum atomic E-state index is 13.9. The maximum Gasteiger partial charge on any atom is 0.380 e. The second-order valence-corrected chi connectivity index (χ2v) is 12.2. The monoisotopic (exact) mass is 524 g/mol. The smallest absolute Gasteiger partial charge is 0.370 e. The van der Waals surface area contributed by atoms with Crippen LogP contribution in [0.15, 0.2) is 24.3 Å². The van der Waals surface area contributed by atoms with E-state index in [2.05, 4.69) is 53.7 Å². The summed E-state index contributed by atoms with van der Waals surface area (Å²) in [6.45, 7) is 20.8. The van der Waals surface area contributed by atoms with Gasteiger partial charge in [-0.05, 0) is 57.4 Å². The zero-order valence-corrected chi connectivity index (χ0v) is 26.8. The van der Waals surface area contributed by atoms with Gasteiger partial charge >= 0.3 is 10.3 Å².